The second-order valence-electron chi connectivity index (χ2n) is 3.58. The fourth-order valence-electron chi connectivity index (χ4n) is 1.20. The van der Waals surface area contributed by atoms with Gasteiger partial charge in [0.15, 0.2) is 0 Å². The van der Waals surface area contributed by atoms with Crippen molar-refractivity contribution in [1.82, 2.24) is 4.72 Å². The van der Waals surface area contributed by atoms with Crippen molar-refractivity contribution in [2.75, 3.05) is 12.3 Å². The quantitative estimate of drug-likeness (QED) is 0.736. The van der Waals surface area contributed by atoms with E-state index in [2.05, 4.69) is 4.72 Å². The largest absolute Gasteiger partial charge is 0.240 e. The van der Waals surface area contributed by atoms with Crippen molar-refractivity contribution in [1.29, 1.82) is 0 Å². The van der Waals surface area contributed by atoms with Crippen LogP contribution in [0.4, 0.5) is 0 Å². The molecule has 6 nitrogen and oxygen atoms in total. The molecule has 0 bridgehead atoms. The lowest BCUT2D eigenvalue weighted by atomic mass is 10.4. The summed E-state index contributed by atoms with van der Waals surface area (Å²) in [5, 5.41) is 5.10. The van der Waals surface area contributed by atoms with E-state index in [9.17, 15) is 16.8 Å². The molecule has 0 saturated carbocycles. The molecule has 0 saturated heterocycles. The number of benzene rings is 1. The number of nitrogens with one attached hydrogen (secondary N) is 1. The summed E-state index contributed by atoms with van der Waals surface area (Å²) in [6.07, 6.45) is 0.110. The molecule has 9 heteroatoms. The van der Waals surface area contributed by atoms with E-state index in [-0.39, 0.29) is 23.6 Å². The Bertz CT molecular complexity index is 613. The Balaban J connectivity index is 2.61. The Labute approximate surface area is 111 Å². The molecule has 1 aromatic carbocycles. The molecular formula is C9H13ClN2O4S2. The molecule has 0 heterocycles. The average molecular weight is 313 g/mol. The Kier molecular flexibility index (Phi) is 5.11. The van der Waals surface area contributed by atoms with Crippen molar-refractivity contribution in [3.63, 3.8) is 0 Å². The Morgan fingerprint density at radius 1 is 1.22 bits per heavy atom. The monoisotopic (exact) mass is 312 g/mol. The second kappa shape index (κ2) is 5.98. The summed E-state index contributed by atoms with van der Waals surface area (Å²) < 4.78 is 47.1. The van der Waals surface area contributed by atoms with Crippen LogP contribution in [0, 0.1) is 0 Å². The van der Waals surface area contributed by atoms with E-state index in [0.717, 1.165) is 0 Å². The average Bonchev–Trinajstić information content (AvgIpc) is 2.23. The van der Waals surface area contributed by atoms with E-state index in [4.69, 9.17) is 16.7 Å². The minimum Gasteiger partial charge on any atom is -0.229 e. The van der Waals surface area contributed by atoms with Crippen LogP contribution < -0.4 is 9.86 Å². The number of sulfonamides is 2. The van der Waals surface area contributed by atoms with E-state index >= 15 is 0 Å². The molecule has 0 aliphatic heterocycles. The van der Waals surface area contributed by atoms with Gasteiger partial charge in [-0.15, -0.1) is 0 Å². The first-order valence-electron chi connectivity index (χ1n) is 4.96. The number of primary sulfonamides is 1. The maximum atomic E-state index is 11.8. The third-order valence-corrected chi connectivity index (χ3v) is 4.56. The zero-order chi connectivity index (χ0) is 13.8. The lowest BCUT2D eigenvalue weighted by Gasteiger charge is -2.06. The van der Waals surface area contributed by atoms with Crippen LogP contribution in [0.15, 0.2) is 29.2 Å². The molecule has 102 valence electrons. The molecule has 1 rings (SSSR count). The van der Waals surface area contributed by atoms with Gasteiger partial charge in [-0.1, -0.05) is 17.7 Å². The number of hydrogen-bond acceptors (Lipinski definition) is 4. The van der Waals surface area contributed by atoms with Gasteiger partial charge < -0.3 is 0 Å². The zero-order valence-corrected chi connectivity index (χ0v) is 11.7. The highest BCUT2D eigenvalue weighted by atomic mass is 35.5. The predicted molar refractivity (Wildman–Crippen MR) is 69.2 cm³/mol. The normalized spacial score (nSPS) is 12.6. The highest BCUT2D eigenvalue weighted by molar-refractivity contribution is 7.89. The third kappa shape index (κ3) is 5.32. The third-order valence-electron chi connectivity index (χ3n) is 2.00. The lowest BCUT2D eigenvalue weighted by Crippen LogP contribution is -2.27. The molecule has 0 aliphatic rings. The van der Waals surface area contributed by atoms with Gasteiger partial charge in [0.2, 0.25) is 20.0 Å². The Morgan fingerprint density at radius 2 is 1.89 bits per heavy atom. The summed E-state index contributed by atoms with van der Waals surface area (Å²) in [6, 6.07) is 5.78. The van der Waals surface area contributed by atoms with E-state index < -0.39 is 20.0 Å². The summed E-state index contributed by atoms with van der Waals surface area (Å²) in [5.41, 5.74) is 0. The first-order chi connectivity index (χ1) is 8.21. The van der Waals surface area contributed by atoms with Crippen molar-refractivity contribution in [3.8, 4) is 0 Å². The minimum atomic E-state index is -3.67. The number of nitrogens with two attached hydrogens (primary N) is 1. The van der Waals surface area contributed by atoms with Gasteiger partial charge >= 0.3 is 0 Å². The molecule has 0 atom stereocenters. The first kappa shape index (κ1) is 15.4. The molecule has 18 heavy (non-hydrogen) atoms. The van der Waals surface area contributed by atoms with Crippen LogP contribution in [0.1, 0.15) is 6.42 Å². The number of halogens is 1. The Hall–Kier alpha value is -0.670. The van der Waals surface area contributed by atoms with Gasteiger partial charge in [0, 0.05) is 11.6 Å². The van der Waals surface area contributed by atoms with Crippen LogP contribution in [0.2, 0.25) is 5.02 Å². The lowest BCUT2D eigenvalue weighted by molar-refractivity contribution is 0.576. The summed E-state index contributed by atoms with van der Waals surface area (Å²) >= 11 is 5.68. The fourth-order valence-corrected chi connectivity index (χ4v) is 3.12. The van der Waals surface area contributed by atoms with Gasteiger partial charge in [-0.05, 0) is 24.6 Å². The maximum Gasteiger partial charge on any atom is 0.240 e. The van der Waals surface area contributed by atoms with Crippen molar-refractivity contribution in [2.45, 2.75) is 11.3 Å². The van der Waals surface area contributed by atoms with Gasteiger partial charge in [-0.3, -0.25) is 0 Å². The van der Waals surface area contributed by atoms with Crippen molar-refractivity contribution in [2.24, 2.45) is 5.14 Å². The van der Waals surface area contributed by atoms with Gasteiger partial charge in [0.25, 0.3) is 0 Å². The summed E-state index contributed by atoms with van der Waals surface area (Å²) in [7, 11) is -7.24. The maximum absolute atomic E-state index is 11.8. The molecule has 0 fully saturated rings. The van der Waals surface area contributed by atoms with Gasteiger partial charge in [0.1, 0.15) is 0 Å². The Morgan fingerprint density at radius 3 is 2.44 bits per heavy atom. The van der Waals surface area contributed by atoms with E-state index in [1.54, 1.807) is 6.07 Å². The first-order valence-corrected chi connectivity index (χ1v) is 8.54. The molecule has 0 radical (unpaired) electrons. The molecule has 1 aromatic rings. The van der Waals surface area contributed by atoms with Crippen LogP contribution in [0.5, 0.6) is 0 Å². The van der Waals surface area contributed by atoms with Crippen LogP contribution in [0.25, 0.3) is 0 Å². The topological polar surface area (TPSA) is 106 Å². The summed E-state index contributed by atoms with van der Waals surface area (Å²) in [6.45, 7) is -0.00865. The smallest absolute Gasteiger partial charge is 0.229 e. The predicted octanol–water partition coefficient (Wildman–Crippen LogP) is 0.297. The summed E-state index contributed by atoms with van der Waals surface area (Å²) in [4.78, 5) is 0.0330. The van der Waals surface area contributed by atoms with Gasteiger partial charge in [-0.25, -0.2) is 26.7 Å². The zero-order valence-electron chi connectivity index (χ0n) is 9.34. The van der Waals surface area contributed by atoms with E-state index in [1.165, 1.54) is 18.2 Å². The molecule has 0 amide bonds. The molecule has 0 aliphatic carbocycles. The van der Waals surface area contributed by atoms with Crippen LogP contribution in [-0.4, -0.2) is 29.1 Å². The molecule has 0 spiro atoms. The van der Waals surface area contributed by atoms with Crippen molar-refractivity contribution >= 4 is 31.6 Å². The fraction of sp³-hybridized carbons (Fsp3) is 0.333. The van der Waals surface area contributed by atoms with Gasteiger partial charge in [0.05, 0.1) is 10.6 Å². The van der Waals surface area contributed by atoms with Crippen molar-refractivity contribution in [3.05, 3.63) is 29.3 Å². The standard InChI is InChI=1S/C9H13ClN2O4S2/c10-8-3-1-4-9(7-8)18(15,16)12-5-2-6-17(11,13)14/h1,3-4,7,12H,2,5-6H2,(H2,11,13,14). The minimum absolute atomic E-state index is 0.00865. The second-order valence-corrected chi connectivity index (χ2v) is 7.51. The van der Waals surface area contributed by atoms with Gasteiger partial charge in [-0.2, -0.15) is 0 Å². The highest BCUT2D eigenvalue weighted by Gasteiger charge is 2.13. The summed E-state index contributed by atoms with van der Waals surface area (Å²) in [5.74, 6) is -0.273. The number of hydrogen-bond donors (Lipinski definition) is 2. The number of rotatable bonds is 6. The van der Waals surface area contributed by atoms with Crippen LogP contribution in [0.3, 0.4) is 0 Å². The van der Waals surface area contributed by atoms with E-state index in [1.807, 2.05) is 0 Å². The molecule has 0 unspecified atom stereocenters. The SMILES string of the molecule is NS(=O)(=O)CCCNS(=O)(=O)c1cccc(Cl)c1. The highest BCUT2D eigenvalue weighted by Crippen LogP contribution is 2.14. The van der Waals surface area contributed by atoms with Crippen molar-refractivity contribution < 1.29 is 16.8 Å². The molecular weight excluding hydrogens is 300 g/mol. The molecule has 0 aromatic heterocycles. The van der Waals surface area contributed by atoms with Crippen LogP contribution in [-0.2, 0) is 20.0 Å². The molecule has 3 N–H and O–H groups in total. The van der Waals surface area contributed by atoms with Crippen LogP contribution >= 0.6 is 11.6 Å². The van der Waals surface area contributed by atoms with E-state index in [0.29, 0.717) is 5.02 Å².